The highest BCUT2D eigenvalue weighted by Gasteiger charge is 2.31. The molecule has 8 heteroatoms. The van der Waals surface area contributed by atoms with Gasteiger partial charge in [-0.05, 0) is 12.1 Å². The van der Waals surface area contributed by atoms with Crippen LogP contribution < -0.4 is 0 Å². The van der Waals surface area contributed by atoms with Crippen molar-refractivity contribution in [2.45, 2.75) is 6.04 Å². The molecule has 0 saturated carbocycles. The Kier molecular flexibility index (Phi) is 4.53. The Bertz CT molecular complexity index is 537. The number of nitro groups is 1. The molecule has 0 bridgehead atoms. The minimum atomic E-state index is -0.627. The Balaban J connectivity index is 2.36. The van der Waals surface area contributed by atoms with Crippen molar-refractivity contribution in [2.75, 3.05) is 26.4 Å². The van der Waals surface area contributed by atoms with E-state index in [1.807, 2.05) is 0 Å². The van der Waals surface area contributed by atoms with Crippen molar-refractivity contribution in [1.82, 2.24) is 4.90 Å². The van der Waals surface area contributed by atoms with E-state index in [1.54, 1.807) is 0 Å². The summed E-state index contributed by atoms with van der Waals surface area (Å²) in [5.74, 6) is -0.526. The van der Waals surface area contributed by atoms with E-state index >= 15 is 0 Å². The summed E-state index contributed by atoms with van der Waals surface area (Å²) in [4.78, 5) is 24.2. The predicted molar refractivity (Wildman–Crippen MR) is 70.8 cm³/mol. The van der Waals surface area contributed by atoms with Crippen molar-refractivity contribution in [3.8, 4) is 0 Å². The second-order valence-corrected chi connectivity index (χ2v) is 4.76. The lowest BCUT2D eigenvalue weighted by atomic mass is 10.1. The van der Waals surface area contributed by atoms with Gasteiger partial charge in [0, 0.05) is 17.6 Å². The number of benzene rings is 1. The minimum Gasteiger partial charge on any atom is -0.394 e. The van der Waals surface area contributed by atoms with Gasteiger partial charge in [-0.2, -0.15) is 0 Å². The Morgan fingerprint density at radius 1 is 1.60 bits per heavy atom. The Morgan fingerprint density at radius 2 is 2.35 bits per heavy atom. The van der Waals surface area contributed by atoms with Crippen LogP contribution >= 0.6 is 11.6 Å². The number of nitro benzene ring substituents is 1. The zero-order chi connectivity index (χ0) is 14.7. The molecule has 20 heavy (non-hydrogen) atoms. The summed E-state index contributed by atoms with van der Waals surface area (Å²) in [6.07, 6.45) is 0. The maximum absolute atomic E-state index is 12.4. The molecule has 0 aromatic heterocycles. The molecule has 0 radical (unpaired) electrons. The van der Waals surface area contributed by atoms with E-state index in [-0.39, 0.29) is 36.0 Å². The third-order valence-electron chi connectivity index (χ3n) is 3.08. The first-order valence-corrected chi connectivity index (χ1v) is 6.36. The lowest BCUT2D eigenvalue weighted by Gasteiger charge is -2.34. The topological polar surface area (TPSA) is 92.9 Å². The molecule has 108 valence electrons. The second kappa shape index (κ2) is 6.17. The van der Waals surface area contributed by atoms with E-state index in [4.69, 9.17) is 16.3 Å². The third kappa shape index (κ3) is 2.90. The molecule has 7 nitrogen and oxygen atoms in total. The van der Waals surface area contributed by atoms with Gasteiger partial charge >= 0.3 is 0 Å². The van der Waals surface area contributed by atoms with Crippen LogP contribution in [0.4, 0.5) is 5.69 Å². The summed E-state index contributed by atoms with van der Waals surface area (Å²) in [6, 6.07) is 3.32. The van der Waals surface area contributed by atoms with E-state index in [1.165, 1.54) is 23.1 Å². The monoisotopic (exact) mass is 300 g/mol. The van der Waals surface area contributed by atoms with Crippen molar-refractivity contribution >= 4 is 23.2 Å². The Labute approximate surface area is 119 Å². The van der Waals surface area contributed by atoms with Gasteiger partial charge in [0.25, 0.3) is 11.6 Å². The molecular formula is C12H13ClN2O5. The van der Waals surface area contributed by atoms with Crippen molar-refractivity contribution in [3.05, 3.63) is 38.9 Å². The van der Waals surface area contributed by atoms with Gasteiger partial charge in [0.2, 0.25) is 0 Å². The van der Waals surface area contributed by atoms with Gasteiger partial charge in [-0.25, -0.2) is 0 Å². The molecule has 0 aliphatic carbocycles. The number of hydrogen-bond acceptors (Lipinski definition) is 5. The molecule has 1 aromatic carbocycles. The molecule has 1 fully saturated rings. The average Bonchev–Trinajstić information content (AvgIpc) is 2.46. The number of aliphatic hydroxyl groups is 1. The van der Waals surface area contributed by atoms with Crippen molar-refractivity contribution < 1.29 is 19.6 Å². The molecule has 1 heterocycles. The van der Waals surface area contributed by atoms with Crippen molar-refractivity contribution in [1.29, 1.82) is 0 Å². The third-order valence-corrected chi connectivity index (χ3v) is 3.32. The maximum atomic E-state index is 12.4. The molecule has 1 atom stereocenters. The minimum absolute atomic E-state index is 0.0807. The second-order valence-electron chi connectivity index (χ2n) is 4.33. The number of halogens is 1. The van der Waals surface area contributed by atoms with Crippen LogP contribution in [-0.2, 0) is 4.74 Å². The first-order valence-electron chi connectivity index (χ1n) is 5.98. The summed E-state index contributed by atoms with van der Waals surface area (Å²) in [7, 11) is 0. The zero-order valence-electron chi connectivity index (χ0n) is 10.5. The Morgan fingerprint density at radius 3 is 3.00 bits per heavy atom. The highest BCUT2D eigenvalue weighted by molar-refractivity contribution is 6.31. The van der Waals surface area contributed by atoms with E-state index < -0.39 is 16.9 Å². The number of carbonyl (C=O) groups is 1. The summed E-state index contributed by atoms with van der Waals surface area (Å²) < 4.78 is 5.18. The number of aliphatic hydroxyl groups excluding tert-OH is 1. The van der Waals surface area contributed by atoms with Crippen LogP contribution in [0.2, 0.25) is 5.02 Å². The van der Waals surface area contributed by atoms with Crippen LogP contribution in [0.3, 0.4) is 0 Å². The lowest BCUT2D eigenvalue weighted by molar-refractivity contribution is -0.385. The first kappa shape index (κ1) is 14.7. The summed E-state index contributed by atoms with van der Waals surface area (Å²) in [5, 5.41) is 20.5. The molecule has 1 unspecified atom stereocenters. The van der Waals surface area contributed by atoms with E-state index in [0.717, 1.165) is 0 Å². The molecule has 0 spiro atoms. The number of amides is 1. The zero-order valence-corrected chi connectivity index (χ0v) is 11.2. The molecule has 1 aliphatic rings. The van der Waals surface area contributed by atoms with Gasteiger partial charge in [-0.15, -0.1) is 0 Å². The molecule has 1 saturated heterocycles. The van der Waals surface area contributed by atoms with Crippen molar-refractivity contribution in [2.24, 2.45) is 0 Å². The largest absolute Gasteiger partial charge is 0.394 e. The average molecular weight is 301 g/mol. The lowest BCUT2D eigenvalue weighted by Crippen LogP contribution is -2.50. The number of carbonyl (C=O) groups excluding carboxylic acids is 1. The van der Waals surface area contributed by atoms with Crippen LogP contribution in [0.1, 0.15) is 10.4 Å². The molecule has 1 aliphatic heterocycles. The van der Waals surface area contributed by atoms with Crippen LogP contribution in [0, 0.1) is 10.1 Å². The fourth-order valence-corrected chi connectivity index (χ4v) is 2.24. The number of morpholine rings is 1. The number of hydrogen-bond donors (Lipinski definition) is 1. The fourth-order valence-electron chi connectivity index (χ4n) is 2.07. The van der Waals surface area contributed by atoms with Gasteiger partial charge in [-0.1, -0.05) is 11.6 Å². The number of ether oxygens (including phenoxy) is 1. The standard InChI is InChI=1S/C12H13ClN2O5/c13-8-1-2-11(15(18)19)10(5-8)12(17)14-3-4-20-7-9(14)6-16/h1-2,5,9,16H,3-4,6-7H2. The summed E-state index contributed by atoms with van der Waals surface area (Å²) >= 11 is 5.81. The van der Waals surface area contributed by atoms with Gasteiger partial charge in [-0.3, -0.25) is 14.9 Å². The molecule has 1 amide bonds. The fraction of sp³-hybridized carbons (Fsp3) is 0.417. The van der Waals surface area contributed by atoms with Crippen molar-refractivity contribution in [3.63, 3.8) is 0 Å². The molecule has 2 rings (SSSR count). The van der Waals surface area contributed by atoms with Crippen LogP contribution in [0.15, 0.2) is 18.2 Å². The quantitative estimate of drug-likeness (QED) is 0.666. The van der Waals surface area contributed by atoms with E-state index in [2.05, 4.69) is 0 Å². The smallest absolute Gasteiger partial charge is 0.282 e. The van der Waals surface area contributed by atoms with Crippen LogP contribution in [0.25, 0.3) is 0 Å². The summed E-state index contributed by atoms with van der Waals surface area (Å²) in [5.41, 5.74) is -0.384. The number of nitrogens with zero attached hydrogens (tertiary/aromatic N) is 2. The first-order chi connectivity index (χ1) is 9.54. The summed E-state index contributed by atoms with van der Waals surface area (Å²) in [6.45, 7) is 0.543. The molecule has 1 aromatic rings. The highest BCUT2D eigenvalue weighted by atomic mass is 35.5. The van der Waals surface area contributed by atoms with E-state index in [0.29, 0.717) is 6.61 Å². The number of rotatable bonds is 3. The Hall–Kier alpha value is -1.70. The maximum Gasteiger partial charge on any atom is 0.282 e. The highest BCUT2D eigenvalue weighted by Crippen LogP contribution is 2.25. The van der Waals surface area contributed by atoms with Crippen LogP contribution in [0.5, 0.6) is 0 Å². The SMILES string of the molecule is O=C(c1cc(Cl)ccc1[N+](=O)[O-])N1CCOCC1CO. The predicted octanol–water partition coefficient (Wildman–Crippen LogP) is 1.08. The van der Waals surface area contributed by atoms with Gasteiger partial charge in [0.1, 0.15) is 5.56 Å². The molecular weight excluding hydrogens is 288 g/mol. The molecule has 1 N–H and O–H groups in total. The normalized spacial score (nSPS) is 18.9. The van der Waals surface area contributed by atoms with Crippen LogP contribution in [-0.4, -0.2) is 53.2 Å². The van der Waals surface area contributed by atoms with Gasteiger partial charge < -0.3 is 14.7 Å². The van der Waals surface area contributed by atoms with Gasteiger partial charge in [0.15, 0.2) is 0 Å². The van der Waals surface area contributed by atoms with Gasteiger partial charge in [0.05, 0.1) is 30.8 Å². The van der Waals surface area contributed by atoms with E-state index in [9.17, 15) is 20.0 Å².